The van der Waals surface area contributed by atoms with Gasteiger partial charge in [0.25, 0.3) is 0 Å². The Balaban J connectivity index is 1.45. The third kappa shape index (κ3) is 3.58. The lowest BCUT2D eigenvalue weighted by Gasteiger charge is -2.40. The molecule has 0 fully saturated rings. The molecule has 0 unspecified atom stereocenters. The fourth-order valence-corrected chi connectivity index (χ4v) is 6.36. The molecule has 35 heavy (non-hydrogen) atoms. The number of fused-ring (bicyclic) bond motifs is 3. The van der Waals surface area contributed by atoms with E-state index in [2.05, 4.69) is 34.1 Å². The Bertz CT molecular complexity index is 1430. The summed E-state index contributed by atoms with van der Waals surface area (Å²) in [5.41, 5.74) is 6.17. The molecule has 4 nitrogen and oxygen atoms in total. The van der Waals surface area contributed by atoms with Gasteiger partial charge >= 0.3 is 11.9 Å². The molecule has 0 heterocycles. The first-order valence-electron chi connectivity index (χ1n) is 11.5. The van der Waals surface area contributed by atoms with Crippen LogP contribution in [0.3, 0.4) is 0 Å². The summed E-state index contributed by atoms with van der Waals surface area (Å²) in [6, 6.07) is 32.0. The Labute approximate surface area is 211 Å². The molecule has 0 radical (unpaired) electrons. The summed E-state index contributed by atoms with van der Waals surface area (Å²) < 4.78 is 11.6. The van der Waals surface area contributed by atoms with Gasteiger partial charge in [0.1, 0.15) is 6.10 Å². The summed E-state index contributed by atoms with van der Waals surface area (Å²) in [7, 11) is 0. The predicted octanol–water partition coefficient (Wildman–Crippen LogP) is 6.83. The van der Waals surface area contributed by atoms with Crippen molar-refractivity contribution in [1.82, 2.24) is 0 Å². The fourth-order valence-electron chi connectivity index (χ4n) is 5.25. The van der Waals surface area contributed by atoms with Crippen molar-refractivity contribution in [3.8, 4) is 11.1 Å². The number of carbonyl (C=O) groups excluding carboxylic acids is 2. The summed E-state index contributed by atoms with van der Waals surface area (Å²) in [6.45, 7) is 0. The van der Waals surface area contributed by atoms with Crippen molar-refractivity contribution >= 4 is 27.9 Å². The van der Waals surface area contributed by atoms with Crippen LogP contribution < -0.4 is 0 Å². The number of esters is 2. The minimum atomic E-state index is -0.745. The first-order valence-corrected chi connectivity index (χ1v) is 12.3. The van der Waals surface area contributed by atoms with Crippen molar-refractivity contribution in [3.63, 3.8) is 0 Å². The molecular formula is C30H21BrO4. The second-order valence-corrected chi connectivity index (χ2v) is 10.2. The molecule has 0 saturated heterocycles. The van der Waals surface area contributed by atoms with Crippen LogP contribution in [0.15, 0.2) is 103 Å². The SMILES string of the molecule is O=C(O[C@H]1C[C@]2(Br)c3ccccc3-c3cccc(c32)[C@@H]1OC(=O)c1ccccc1)c1ccccc1. The van der Waals surface area contributed by atoms with Gasteiger partial charge in [-0.05, 0) is 46.5 Å². The first-order chi connectivity index (χ1) is 17.1. The number of ether oxygens (including phenoxy) is 2. The Morgan fingerprint density at radius 2 is 1.26 bits per heavy atom. The zero-order chi connectivity index (χ0) is 24.0. The Morgan fingerprint density at radius 1 is 0.686 bits per heavy atom. The molecule has 172 valence electrons. The molecule has 0 saturated carbocycles. The standard InChI is InChI=1S/C30H21BrO4/c31-30-18-25(34-28(32)19-10-3-1-4-11-19)27(35-29(33)20-12-5-2-6-13-20)23-16-9-15-22(26(23)30)21-14-7-8-17-24(21)30/h1-17,25,27H,18H2/t25-,27-,30-/m0/s1. The molecule has 4 aromatic rings. The largest absolute Gasteiger partial charge is 0.454 e. The summed E-state index contributed by atoms with van der Waals surface area (Å²) in [6.07, 6.45) is -1.01. The van der Waals surface area contributed by atoms with Gasteiger partial charge in [-0.15, -0.1) is 0 Å². The first kappa shape index (κ1) is 21.8. The second-order valence-electron chi connectivity index (χ2n) is 8.82. The molecule has 6 rings (SSSR count). The maximum atomic E-state index is 13.1. The Kier molecular flexibility index (Phi) is 5.30. The van der Waals surface area contributed by atoms with Gasteiger partial charge in [0.2, 0.25) is 0 Å². The molecule has 3 atom stereocenters. The third-order valence-corrected chi connectivity index (χ3v) is 7.92. The van der Waals surface area contributed by atoms with Crippen molar-refractivity contribution in [1.29, 1.82) is 0 Å². The molecule has 0 amide bonds. The molecule has 2 aliphatic rings. The van der Waals surface area contributed by atoms with E-state index in [1.807, 2.05) is 36.4 Å². The normalized spacial score (nSPS) is 21.5. The third-order valence-electron chi connectivity index (χ3n) is 6.78. The molecule has 4 aromatic carbocycles. The minimum Gasteiger partial charge on any atom is -0.454 e. The van der Waals surface area contributed by atoms with E-state index in [9.17, 15) is 9.59 Å². The van der Waals surface area contributed by atoms with Crippen LogP contribution in [0.25, 0.3) is 11.1 Å². The van der Waals surface area contributed by atoms with Crippen LogP contribution in [0.2, 0.25) is 0 Å². The minimum absolute atomic E-state index is 0.430. The molecule has 0 spiro atoms. The van der Waals surface area contributed by atoms with E-state index in [1.165, 1.54) is 0 Å². The van der Waals surface area contributed by atoms with Gasteiger partial charge in [-0.2, -0.15) is 0 Å². The Hall–Kier alpha value is -3.70. The number of carbonyl (C=O) groups is 2. The summed E-state index contributed by atoms with van der Waals surface area (Å²) in [5.74, 6) is -0.898. The number of rotatable bonds is 4. The highest BCUT2D eigenvalue weighted by Gasteiger charge is 2.52. The van der Waals surface area contributed by atoms with Crippen LogP contribution in [0.4, 0.5) is 0 Å². The zero-order valence-electron chi connectivity index (χ0n) is 18.7. The van der Waals surface area contributed by atoms with E-state index in [-0.39, 0.29) is 0 Å². The van der Waals surface area contributed by atoms with E-state index in [4.69, 9.17) is 9.47 Å². The maximum absolute atomic E-state index is 13.1. The van der Waals surface area contributed by atoms with E-state index in [0.29, 0.717) is 17.5 Å². The highest BCUT2D eigenvalue weighted by molar-refractivity contribution is 9.09. The van der Waals surface area contributed by atoms with Crippen LogP contribution in [-0.2, 0) is 13.8 Å². The number of hydrogen-bond acceptors (Lipinski definition) is 4. The molecular weight excluding hydrogens is 504 g/mol. The van der Waals surface area contributed by atoms with Gasteiger partial charge in [0.15, 0.2) is 6.10 Å². The highest BCUT2D eigenvalue weighted by Crippen LogP contribution is 2.61. The van der Waals surface area contributed by atoms with Gasteiger partial charge < -0.3 is 9.47 Å². The lowest BCUT2D eigenvalue weighted by atomic mass is 9.78. The topological polar surface area (TPSA) is 52.6 Å². The van der Waals surface area contributed by atoms with E-state index in [0.717, 1.165) is 27.8 Å². The monoisotopic (exact) mass is 524 g/mol. The average Bonchev–Trinajstić information content (AvgIpc) is 3.16. The molecule has 0 aromatic heterocycles. The highest BCUT2D eigenvalue weighted by atomic mass is 79.9. The number of hydrogen-bond donors (Lipinski definition) is 0. The van der Waals surface area contributed by atoms with Crippen LogP contribution in [0.5, 0.6) is 0 Å². The van der Waals surface area contributed by atoms with Crippen LogP contribution >= 0.6 is 15.9 Å². The summed E-state index contributed by atoms with van der Waals surface area (Å²) >= 11 is 4.04. The van der Waals surface area contributed by atoms with E-state index >= 15 is 0 Å². The van der Waals surface area contributed by atoms with Crippen LogP contribution in [0.1, 0.15) is 49.9 Å². The molecule has 0 aliphatic heterocycles. The molecule has 5 heteroatoms. The molecule has 0 N–H and O–H groups in total. The Morgan fingerprint density at radius 3 is 1.94 bits per heavy atom. The van der Waals surface area contributed by atoms with Gasteiger partial charge in [-0.1, -0.05) is 94.8 Å². The van der Waals surface area contributed by atoms with Crippen molar-refractivity contribution in [2.45, 2.75) is 23.0 Å². The van der Waals surface area contributed by atoms with Crippen molar-refractivity contribution < 1.29 is 19.1 Å². The zero-order valence-corrected chi connectivity index (χ0v) is 20.3. The number of benzene rings is 4. The maximum Gasteiger partial charge on any atom is 0.338 e. The quantitative estimate of drug-likeness (QED) is 0.217. The van der Waals surface area contributed by atoms with Crippen LogP contribution in [0, 0.1) is 0 Å². The van der Waals surface area contributed by atoms with Crippen molar-refractivity contribution in [2.24, 2.45) is 0 Å². The van der Waals surface area contributed by atoms with Gasteiger partial charge in [-0.25, -0.2) is 9.59 Å². The summed E-state index contributed by atoms with van der Waals surface area (Å²) in [4.78, 5) is 26.2. The van der Waals surface area contributed by atoms with Gasteiger partial charge in [-0.3, -0.25) is 0 Å². The second kappa shape index (κ2) is 8.51. The van der Waals surface area contributed by atoms with Gasteiger partial charge in [0, 0.05) is 12.0 Å². The van der Waals surface area contributed by atoms with Crippen molar-refractivity contribution in [3.05, 3.63) is 131 Å². The van der Waals surface area contributed by atoms with E-state index in [1.54, 1.807) is 48.5 Å². The fraction of sp³-hybridized carbons (Fsp3) is 0.133. The lowest BCUT2D eigenvalue weighted by molar-refractivity contribution is -0.0465. The van der Waals surface area contributed by atoms with E-state index < -0.39 is 28.5 Å². The molecule has 0 bridgehead atoms. The molecule has 2 aliphatic carbocycles. The number of alkyl halides is 1. The lowest BCUT2D eigenvalue weighted by Crippen LogP contribution is -2.40. The van der Waals surface area contributed by atoms with Crippen molar-refractivity contribution in [2.75, 3.05) is 0 Å². The number of halogens is 1. The predicted molar refractivity (Wildman–Crippen MR) is 136 cm³/mol. The smallest absolute Gasteiger partial charge is 0.338 e. The summed E-state index contributed by atoms with van der Waals surface area (Å²) in [5, 5.41) is 0. The van der Waals surface area contributed by atoms with Crippen LogP contribution in [-0.4, -0.2) is 18.0 Å². The average molecular weight is 525 g/mol. The van der Waals surface area contributed by atoms with Gasteiger partial charge in [0.05, 0.1) is 15.5 Å².